The van der Waals surface area contributed by atoms with Crippen LogP contribution in [0.15, 0.2) is 54.6 Å². The molecule has 0 heterocycles. The van der Waals surface area contributed by atoms with Gasteiger partial charge in [0.15, 0.2) is 0 Å². The van der Waals surface area contributed by atoms with E-state index in [2.05, 4.69) is 5.32 Å². The molecule has 0 aliphatic carbocycles. The first-order valence-electron chi connectivity index (χ1n) is 8.94. The lowest BCUT2D eigenvalue weighted by Gasteiger charge is -2.22. The lowest BCUT2D eigenvalue weighted by Crippen LogP contribution is -2.38. The highest BCUT2D eigenvalue weighted by Gasteiger charge is 2.18. The second-order valence-corrected chi connectivity index (χ2v) is 6.24. The number of rotatable bonds is 9. The number of hydrogen-bond acceptors (Lipinski definition) is 5. The average molecular weight is 370 g/mol. The fourth-order valence-corrected chi connectivity index (χ4v) is 2.63. The molecule has 0 saturated carbocycles. The Bertz CT molecular complexity index is 749. The molecule has 1 amide bonds. The Kier molecular flexibility index (Phi) is 7.82. The van der Waals surface area contributed by atoms with Gasteiger partial charge in [-0.05, 0) is 30.8 Å². The maximum atomic E-state index is 12.4. The lowest BCUT2D eigenvalue weighted by atomic mass is 10.1. The number of amides is 1. The maximum Gasteiger partial charge on any atom is 0.309 e. The van der Waals surface area contributed by atoms with E-state index in [1.54, 1.807) is 13.0 Å². The first-order valence-corrected chi connectivity index (χ1v) is 8.94. The van der Waals surface area contributed by atoms with Gasteiger partial charge in [-0.3, -0.25) is 14.5 Å². The maximum absolute atomic E-state index is 12.4. The van der Waals surface area contributed by atoms with E-state index in [9.17, 15) is 9.59 Å². The Labute approximate surface area is 160 Å². The molecule has 6 nitrogen and oxygen atoms in total. The number of para-hydroxylation sites is 1. The van der Waals surface area contributed by atoms with Crippen LogP contribution >= 0.6 is 0 Å². The summed E-state index contributed by atoms with van der Waals surface area (Å²) in [5.74, 6) is 0.663. The van der Waals surface area contributed by atoms with Gasteiger partial charge < -0.3 is 14.8 Å². The van der Waals surface area contributed by atoms with Gasteiger partial charge in [0.1, 0.15) is 11.5 Å². The van der Waals surface area contributed by atoms with E-state index in [1.165, 1.54) is 7.11 Å². The molecule has 0 fully saturated rings. The zero-order valence-corrected chi connectivity index (χ0v) is 16.0. The third-order valence-electron chi connectivity index (χ3n) is 4.05. The predicted octanol–water partition coefficient (Wildman–Crippen LogP) is 3.55. The Hall–Kier alpha value is -2.86. The fourth-order valence-electron chi connectivity index (χ4n) is 2.63. The first-order chi connectivity index (χ1) is 13.0. The van der Waals surface area contributed by atoms with Crippen molar-refractivity contribution < 1.29 is 19.1 Å². The minimum absolute atomic E-state index is 0.147. The first kappa shape index (κ1) is 20.5. The van der Waals surface area contributed by atoms with Gasteiger partial charge >= 0.3 is 5.97 Å². The zero-order chi connectivity index (χ0) is 19.6. The number of methoxy groups -OCH3 is 1. The topological polar surface area (TPSA) is 67.9 Å². The Balaban J connectivity index is 1.92. The minimum atomic E-state index is -0.287. The van der Waals surface area contributed by atoms with Crippen LogP contribution in [-0.4, -0.2) is 43.5 Å². The van der Waals surface area contributed by atoms with Gasteiger partial charge in [0.2, 0.25) is 5.91 Å². The van der Waals surface area contributed by atoms with Gasteiger partial charge in [-0.2, -0.15) is 0 Å². The van der Waals surface area contributed by atoms with Gasteiger partial charge in [0, 0.05) is 18.3 Å². The summed E-state index contributed by atoms with van der Waals surface area (Å²) in [6, 6.07) is 16.7. The van der Waals surface area contributed by atoms with Crippen molar-refractivity contribution in [3.8, 4) is 11.5 Å². The zero-order valence-electron chi connectivity index (χ0n) is 16.0. The monoisotopic (exact) mass is 370 g/mol. The number of benzene rings is 2. The van der Waals surface area contributed by atoms with Crippen molar-refractivity contribution in [3.63, 3.8) is 0 Å². The molecule has 0 aliphatic heterocycles. The van der Waals surface area contributed by atoms with Crippen molar-refractivity contribution in [2.45, 2.75) is 13.8 Å². The number of esters is 1. The summed E-state index contributed by atoms with van der Waals surface area (Å²) >= 11 is 0. The van der Waals surface area contributed by atoms with Crippen LogP contribution in [0.5, 0.6) is 11.5 Å². The standard InChI is InChI=1S/C21H26N2O4/c1-4-23(14-16(2)21(25)26-3)15-20(24)22-17-9-8-12-19(13-17)27-18-10-6-5-7-11-18/h5-13,16H,4,14-15H2,1-3H3,(H,22,24). The quantitative estimate of drug-likeness (QED) is 0.684. The van der Waals surface area contributed by atoms with Crippen LogP contribution < -0.4 is 10.1 Å². The van der Waals surface area contributed by atoms with Crippen LogP contribution in [0.25, 0.3) is 0 Å². The molecule has 1 N–H and O–H groups in total. The molecule has 6 heteroatoms. The van der Waals surface area contributed by atoms with Crippen molar-refractivity contribution >= 4 is 17.6 Å². The third kappa shape index (κ3) is 6.75. The van der Waals surface area contributed by atoms with Gasteiger partial charge in [-0.25, -0.2) is 0 Å². The molecule has 144 valence electrons. The Morgan fingerprint density at radius 2 is 1.78 bits per heavy atom. The number of nitrogens with one attached hydrogen (secondary N) is 1. The minimum Gasteiger partial charge on any atom is -0.469 e. The molecule has 27 heavy (non-hydrogen) atoms. The number of hydrogen-bond donors (Lipinski definition) is 1. The van der Waals surface area contributed by atoms with Crippen LogP contribution in [0.2, 0.25) is 0 Å². The molecular formula is C21H26N2O4. The third-order valence-corrected chi connectivity index (χ3v) is 4.05. The van der Waals surface area contributed by atoms with Crippen LogP contribution in [0.4, 0.5) is 5.69 Å². The number of carbonyl (C=O) groups is 2. The van der Waals surface area contributed by atoms with E-state index in [4.69, 9.17) is 9.47 Å². The van der Waals surface area contributed by atoms with E-state index < -0.39 is 0 Å². The largest absolute Gasteiger partial charge is 0.469 e. The summed E-state index contributed by atoms with van der Waals surface area (Å²) in [5.41, 5.74) is 0.658. The highest BCUT2D eigenvalue weighted by Crippen LogP contribution is 2.23. The van der Waals surface area contributed by atoms with Crippen molar-refractivity contribution in [1.29, 1.82) is 0 Å². The number of anilines is 1. The molecule has 0 spiro atoms. The highest BCUT2D eigenvalue weighted by molar-refractivity contribution is 5.92. The molecule has 0 bridgehead atoms. The lowest BCUT2D eigenvalue weighted by molar-refractivity contribution is -0.145. The molecular weight excluding hydrogens is 344 g/mol. The van der Waals surface area contributed by atoms with Crippen molar-refractivity contribution in [1.82, 2.24) is 4.90 Å². The molecule has 0 aliphatic rings. The van der Waals surface area contributed by atoms with Crippen LogP contribution in [0.3, 0.4) is 0 Å². The highest BCUT2D eigenvalue weighted by atomic mass is 16.5. The molecule has 2 aromatic rings. The summed E-state index contributed by atoms with van der Waals surface area (Å²) in [4.78, 5) is 25.8. The molecule has 2 aromatic carbocycles. The summed E-state index contributed by atoms with van der Waals surface area (Å²) < 4.78 is 10.5. The van der Waals surface area contributed by atoms with Gasteiger partial charge in [0.05, 0.1) is 19.6 Å². The fraction of sp³-hybridized carbons (Fsp3) is 0.333. The number of likely N-dealkylation sites (N-methyl/N-ethyl adjacent to an activating group) is 1. The second-order valence-electron chi connectivity index (χ2n) is 6.24. The van der Waals surface area contributed by atoms with E-state index >= 15 is 0 Å². The van der Waals surface area contributed by atoms with E-state index in [-0.39, 0.29) is 24.3 Å². The summed E-state index contributed by atoms with van der Waals surface area (Å²) in [7, 11) is 1.37. The van der Waals surface area contributed by atoms with Crippen molar-refractivity contribution in [2.75, 3.05) is 32.1 Å². The van der Waals surface area contributed by atoms with Crippen molar-refractivity contribution in [3.05, 3.63) is 54.6 Å². The molecule has 0 saturated heterocycles. The van der Waals surface area contributed by atoms with Crippen LogP contribution in [0.1, 0.15) is 13.8 Å². The van der Waals surface area contributed by atoms with Crippen molar-refractivity contribution in [2.24, 2.45) is 5.92 Å². The molecule has 1 atom stereocenters. The number of carbonyl (C=O) groups excluding carboxylic acids is 2. The average Bonchev–Trinajstić information content (AvgIpc) is 2.67. The number of ether oxygens (including phenoxy) is 2. The molecule has 0 aromatic heterocycles. The summed E-state index contributed by atoms with van der Waals surface area (Å²) in [5, 5.41) is 2.87. The van der Waals surface area contributed by atoms with Gasteiger partial charge in [-0.15, -0.1) is 0 Å². The molecule has 1 unspecified atom stereocenters. The SMILES string of the molecule is CCN(CC(=O)Nc1cccc(Oc2ccccc2)c1)CC(C)C(=O)OC. The predicted molar refractivity (Wildman–Crippen MR) is 105 cm³/mol. The van der Waals surface area contributed by atoms with Gasteiger partial charge in [-0.1, -0.05) is 38.1 Å². The normalized spacial score (nSPS) is 11.7. The summed E-state index contributed by atoms with van der Waals surface area (Å²) in [6.45, 7) is 5.06. The molecule has 2 rings (SSSR count). The smallest absolute Gasteiger partial charge is 0.309 e. The van der Waals surface area contributed by atoms with Crippen LogP contribution in [-0.2, 0) is 14.3 Å². The van der Waals surface area contributed by atoms with Crippen LogP contribution in [0, 0.1) is 5.92 Å². The van der Waals surface area contributed by atoms with E-state index in [0.717, 1.165) is 5.75 Å². The van der Waals surface area contributed by atoms with E-state index in [0.29, 0.717) is 24.5 Å². The second kappa shape index (κ2) is 10.3. The Morgan fingerprint density at radius 1 is 1.07 bits per heavy atom. The summed E-state index contributed by atoms with van der Waals surface area (Å²) in [6.07, 6.45) is 0. The van der Waals surface area contributed by atoms with E-state index in [1.807, 2.05) is 60.4 Å². The number of nitrogens with zero attached hydrogens (tertiary/aromatic N) is 1. The Morgan fingerprint density at radius 3 is 2.44 bits per heavy atom. The molecule has 0 radical (unpaired) electrons. The van der Waals surface area contributed by atoms with Gasteiger partial charge in [0.25, 0.3) is 0 Å².